The minimum Gasteiger partial charge on any atom is -0.351 e. The molecule has 1 aliphatic carbocycles. The number of thiophene rings is 1. The van der Waals surface area contributed by atoms with E-state index in [0.29, 0.717) is 28.7 Å². The highest BCUT2D eigenvalue weighted by Gasteiger charge is 2.44. The van der Waals surface area contributed by atoms with Gasteiger partial charge in [0, 0.05) is 43.1 Å². The molecule has 2 aliphatic rings. The van der Waals surface area contributed by atoms with E-state index >= 15 is 0 Å². The van der Waals surface area contributed by atoms with Gasteiger partial charge in [-0.05, 0) is 56.8 Å². The second-order valence-corrected chi connectivity index (χ2v) is 10.2. The monoisotopic (exact) mass is 431 g/mol. The summed E-state index contributed by atoms with van der Waals surface area (Å²) in [5.41, 5.74) is 2.59. The van der Waals surface area contributed by atoms with Crippen LogP contribution in [0.5, 0.6) is 0 Å². The lowest BCUT2D eigenvalue weighted by Gasteiger charge is -2.22. The maximum atomic E-state index is 12.5. The highest BCUT2D eigenvalue weighted by atomic mass is 35.5. The first-order valence-corrected chi connectivity index (χ1v) is 11.1. The van der Waals surface area contributed by atoms with Crippen molar-refractivity contribution in [3.05, 3.63) is 51.2 Å². The molecule has 1 saturated carbocycles. The molecule has 1 aliphatic heterocycles. The lowest BCUT2D eigenvalue weighted by molar-refractivity contribution is -0.117. The molecule has 4 rings (SSSR count). The summed E-state index contributed by atoms with van der Waals surface area (Å²) in [6.45, 7) is 2.18. The number of rotatable bonds is 7. The molecule has 154 valence electrons. The van der Waals surface area contributed by atoms with Crippen LogP contribution in [0.2, 0.25) is 4.34 Å². The summed E-state index contributed by atoms with van der Waals surface area (Å²) in [5.74, 6) is 0.100. The average Bonchev–Trinajstić information content (AvgIpc) is 3.15. The van der Waals surface area contributed by atoms with Crippen molar-refractivity contribution in [2.75, 3.05) is 38.6 Å². The molecular formula is C22H26ClN3O2S. The normalized spacial score (nSPS) is 20.3. The molecule has 7 heteroatoms. The number of anilines is 1. The average molecular weight is 432 g/mol. The number of halogens is 1. The van der Waals surface area contributed by atoms with Crippen LogP contribution < -0.4 is 10.2 Å². The molecule has 2 heterocycles. The number of carbonyl (C=O) groups excluding carboxylic acids is 2. The van der Waals surface area contributed by atoms with Gasteiger partial charge >= 0.3 is 0 Å². The molecule has 1 unspecified atom stereocenters. The van der Waals surface area contributed by atoms with Gasteiger partial charge in [-0.3, -0.25) is 9.59 Å². The number of benzene rings is 1. The van der Waals surface area contributed by atoms with Gasteiger partial charge in [0.1, 0.15) is 0 Å². The van der Waals surface area contributed by atoms with E-state index in [9.17, 15) is 9.59 Å². The molecule has 1 saturated heterocycles. The maximum absolute atomic E-state index is 12.5. The van der Waals surface area contributed by atoms with Gasteiger partial charge in [-0.25, -0.2) is 0 Å². The molecule has 0 bridgehead atoms. The Morgan fingerprint density at radius 2 is 1.97 bits per heavy atom. The molecule has 2 fully saturated rings. The van der Waals surface area contributed by atoms with Gasteiger partial charge in [0.2, 0.25) is 5.91 Å². The summed E-state index contributed by atoms with van der Waals surface area (Å²) < 4.78 is 0.597. The summed E-state index contributed by atoms with van der Waals surface area (Å²) in [4.78, 5) is 29.4. The van der Waals surface area contributed by atoms with Crippen molar-refractivity contribution in [1.29, 1.82) is 0 Å². The van der Waals surface area contributed by atoms with Crippen LogP contribution in [0, 0.1) is 5.92 Å². The van der Waals surface area contributed by atoms with E-state index in [1.54, 1.807) is 12.1 Å². The smallest absolute Gasteiger partial charge is 0.261 e. The molecule has 1 aromatic heterocycles. The van der Waals surface area contributed by atoms with Gasteiger partial charge in [-0.1, -0.05) is 23.7 Å². The van der Waals surface area contributed by atoms with Crippen molar-refractivity contribution in [1.82, 2.24) is 10.2 Å². The first-order chi connectivity index (χ1) is 13.9. The van der Waals surface area contributed by atoms with Gasteiger partial charge in [-0.15, -0.1) is 11.3 Å². The molecule has 2 amide bonds. The first-order valence-electron chi connectivity index (χ1n) is 9.95. The molecule has 0 radical (unpaired) electrons. The number of nitrogens with zero attached hydrogens (tertiary/aromatic N) is 2. The second kappa shape index (κ2) is 8.09. The molecule has 1 N–H and O–H groups in total. The second-order valence-electron chi connectivity index (χ2n) is 8.45. The Balaban J connectivity index is 1.35. The topological polar surface area (TPSA) is 52.6 Å². The third-order valence-corrected chi connectivity index (χ3v) is 7.05. The van der Waals surface area contributed by atoms with Gasteiger partial charge in [0.25, 0.3) is 5.91 Å². The Bertz CT molecular complexity index is 905. The number of hydrogen-bond acceptors (Lipinski definition) is 4. The minimum atomic E-state index is -0.132. The van der Waals surface area contributed by atoms with Crippen LogP contribution in [0.1, 0.15) is 34.5 Å². The fraction of sp³-hybridized carbons (Fsp3) is 0.455. The minimum absolute atomic E-state index is 0.116. The van der Waals surface area contributed by atoms with E-state index in [1.165, 1.54) is 29.7 Å². The zero-order chi connectivity index (χ0) is 20.6. The van der Waals surface area contributed by atoms with Crippen LogP contribution in [0.3, 0.4) is 0 Å². The lowest BCUT2D eigenvalue weighted by atomic mass is 9.95. The van der Waals surface area contributed by atoms with Crippen LogP contribution in [0.4, 0.5) is 5.69 Å². The fourth-order valence-corrected chi connectivity index (χ4v) is 5.18. The summed E-state index contributed by atoms with van der Waals surface area (Å²) in [6.07, 6.45) is 2.91. The largest absolute Gasteiger partial charge is 0.351 e. The first kappa shape index (κ1) is 20.4. The predicted molar refractivity (Wildman–Crippen MR) is 118 cm³/mol. The van der Waals surface area contributed by atoms with E-state index in [1.807, 2.05) is 4.90 Å². The van der Waals surface area contributed by atoms with Crippen molar-refractivity contribution in [3.63, 3.8) is 0 Å². The van der Waals surface area contributed by atoms with Crippen molar-refractivity contribution in [2.24, 2.45) is 5.92 Å². The molecule has 2 aromatic rings. The maximum Gasteiger partial charge on any atom is 0.261 e. The number of carbonyl (C=O) groups is 2. The van der Waals surface area contributed by atoms with Crippen LogP contribution in [-0.2, 0) is 10.2 Å². The Labute approximate surface area is 180 Å². The van der Waals surface area contributed by atoms with E-state index < -0.39 is 0 Å². The standard InChI is InChI=1S/C22H26ClN3O2S/c1-25(2)14-22(9-10-22)16-3-5-17(6-4-16)26-13-15(11-20(26)27)12-24-21(28)18-7-8-19(23)29-18/h3-8,15H,9-14H2,1-2H3,(H,24,28). The van der Waals surface area contributed by atoms with E-state index in [0.717, 1.165) is 12.2 Å². The van der Waals surface area contributed by atoms with E-state index in [2.05, 4.69) is 48.6 Å². The van der Waals surface area contributed by atoms with Gasteiger partial charge in [0.15, 0.2) is 0 Å². The summed E-state index contributed by atoms with van der Waals surface area (Å²) in [6, 6.07) is 11.9. The molecule has 1 aromatic carbocycles. The van der Waals surface area contributed by atoms with Gasteiger partial charge in [-0.2, -0.15) is 0 Å². The Kier molecular flexibility index (Phi) is 5.69. The van der Waals surface area contributed by atoms with Crippen LogP contribution >= 0.6 is 22.9 Å². The molecule has 1 atom stereocenters. The van der Waals surface area contributed by atoms with Crippen LogP contribution in [0.25, 0.3) is 0 Å². The summed E-state index contributed by atoms with van der Waals surface area (Å²) >= 11 is 7.15. The molecule has 0 spiro atoms. The highest BCUT2D eigenvalue weighted by Crippen LogP contribution is 2.48. The Morgan fingerprint density at radius 3 is 2.55 bits per heavy atom. The van der Waals surface area contributed by atoms with Crippen molar-refractivity contribution >= 4 is 40.4 Å². The predicted octanol–water partition coefficient (Wildman–Crippen LogP) is 3.78. The van der Waals surface area contributed by atoms with E-state index in [4.69, 9.17) is 11.6 Å². The third kappa shape index (κ3) is 4.49. The van der Waals surface area contributed by atoms with Crippen LogP contribution in [-0.4, -0.2) is 50.4 Å². The molecular weight excluding hydrogens is 406 g/mol. The fourth-order valence-electron chi connectivity index (χ4n) is 4.22. The highest BCUT2D eigenvalue weighted by molar-refractivity contribution is 7.17. The Hall–Kier alpha value is -1.89. The quantitative estimate of drug-likeness (QED) is 0.725. The van der Waals surface area contributed by atoms with E-state index in [-0.39, 0.29) is 23.1 Å². The van der Waals surface area contributed by atoms with Crippen LogP contribution in [0.15, 0.2) is 36.4 Å². The number of nitrogens with one attached hydrogen (secondary N) is 1. The number of hydrogen-bond donors (Lipinski definition) is 1. The number of amides is 2. The molecule has 5 nitrogen and oxygen atoms in total. The van der Waals surface area contributed by atoms with Gasteiger partial charge < -0.3 is 15.1 Å². The zero-order valence-corrected chi connectivity index (χ0v) is 18.4. The molecule has 29 heavy (non-hydrogen) atoms. The third-order valence-electron chi connectivity index (χ3n) is 5.82. The van der Waals surface area contributed by atoms with Crippen molar-refractivity contribution in [3.8, 4) is 0 Å². The van der Waals surface area contributed by atoms with Crippen molar-refractivity contribution < 1.29 is 9.59 Å². The number of likely N-dealkylation sites (N-methyl/N-ethyl adjacent to an activating group) is 1. The SMILES string of the molecule is CN(C)CC1(c2ccc(N3CC(CNC(=O)c4ccc(Cl)s4)CC3=O)cc2)CC1. The summed E-state index contributed by atoms with van der Waals surface area (Å²) in [5, 5.41) is 2.93. The zero-order valence-electron chi connectivity index (χ0n) is 16.8. The van der Waals surface area contributed by atoms with Gasteiger partial charge in [0.05, 0.1) is 9.21 Å². The summed E-state index contributed by atoms with van der Waals surface area (Å²) in [7, 11) is 4.23. The lowest BCUT2D eigenvalue weighted by Crippen LogP contribution is -2.31. The Morgan fingerprint density at radius 1 is 1.24 bits per heavy atom. The van der Waals surface area contributed by atoms with Crippen molar-refractivity contribution in [2.45, 2.75) is 24.7 Å².